The van der Waals surface area contributed by atoms with Gasteiger partial charge in [0.1, 0.15) is 11.6 Å². The van der Waals surface area contributed by atoms with Crippen molar-refractivity contribution in [3.8, 4) is 0 Å². The molecule has 0 bridgehead atoms. The molecule has 0 saturated carbocycles. The summed E-state index contributed by atoms with van der Waals surface area (Å²) in [5.41, 5.74) is 1.02. The molecule has 2 N–H and O–H groups in total. The molecule has 1 heterocycles. The van der Waals surface area contributed by atoms with Gasteiger partial charge in [-0.25, -0.2) is 9.37 Å². The lowest BCUT2D eigenvalue weighted by atomic mass is 10.0. The summed E-state index contributed by atoms with van der Waals surface area (Å²) >= 11 is 0. The third kappa shape index (κ3) is 4.30. The molecule has 0 spiro atoms. The maximum Gasteiger partial charge on any atom is 0.460 e. The van der Waals surface area contributed by atoms with E-state index in [4.69, 9.17) is 0 Å². The van der Waals surface area contributed by atoms with Crippen LogP contribution in [0, 0.1) is 12.7 Å². The monoisotopic (exact) mass is 443 g/mol. The van der Waals surface area contributed by atoms with Crippen molar-refractivity contribution < 1.29 is 44.8 Å². The van der Waals surface area contributed by atoms with E-state index >= 15 is 0 Å². The van der Waals surface area contributed by atoms with Gasteiger partial charge < -0.3 is 5.32 Å². The van der Waals surface area contributed by atoms with Gasteiger partial charge in [0, 0.05) is 17.8 Å². The van der Waals surface area contributed by atoms with Crippen LogP contribution in [0.1, 0.15) is 21.5 Å². The Morgan fingerprint density at radius 1 is 1.07 bits per heavy atom. The summed E-state index contributed by atoms with van der Waals surface area (Å²) < 4.78 is 104. The van der Waals surface area contributed by atoms with E-state index in [1.807, 2.05) is 5.32 Å². The number of anilines is 2. The lowest BCUT2D eigenvalue weighted by Gasteiger charge is -2.28. The van der Waals surface area contributed by atoms with E-state index in [1.54, 1.807) is 13.0 Å². The number of carbonyl (C=O) groups excluding carboxylic acids is 1. The molecule has 164 valence electrons. The number of alkyl halides is 7. The topological polar surface area (TPSA) is 63.2 Å². The van der Waals surface area contributed by atoms with Gasteiger partial charge in [0.05, 0.1) is 18.4 Å². The summed E-state index contributed by atoms with van der Waals surface area (Å²) in [6.45, 7) is 1.54. The van der Waals surface area contributed by atoms with E-state index in [0.717, 1.165) is 0 Å². The Bertz CT molecular complexity index is 947. The van der Waals surface area contributed by atoms with Gasteiger partial charge in [0.2, 0.25) is 0 Å². The lowest BCUT2D eigenvalue weighted by Crippen LogP contribution is -2.50. The van der Waals surface area contributed by atoms with E-state index in [0.29, 0.717) is 11.3 Å². The molecular formula is C17H13F8N3O2. The van der Waals surface area contributed by atoms with Gasteiger partial charge in [-0.05, 0) is 24.6 Å². The van der Waals surface area contributed by atoms with Crippen LogP contribution < -0.4 is 10.8 Å². The maximum atomic E-state index is 14.0. The van der Waals surface area contributed by atoms with Crippen molar-refractivity contribution in [2.24, 2.45) is 0 Å². The molecule has 13 heteroatoms. The molecule has 0 aliphatic carbocycles. The third-order valence-electron chi connectivity index (χ3n) is 3.89. The molecule has 0 radical (unpaired) electrons. The highest BCUT2D eigenvalue weighted by Gasteiger charge is 2.74. The summed E-state index contributed by atoms with van der Waals surface area (Å²) in [7, 11) is 1.31. The molecule has 0 atom stereocenters. The molecule has 0 fully saturated rings. The van der Waals surface area contributed by atoms with Crippen LogP contribution in [0.2, 0.25) is 0 Å². The molecule has 1 aromatic carbocycles. The van der Waals surface area contributed by atoms with Crippen LogP contribution in [0.3, 0.4) is 0 Å². The second kappa shape index (κ2) is 8.05. The highest BCUT2D eigenvalue weighted by Crippen LogP contribution is 2.52. The zero-order valence-corrected chi connectivity index (χ0v) is 15.2. The van der Waals surface area contributed by atoms with Crippen molar-refractivity contribution in [1.82, 2.24) is 4.98 Å². The first-order valence-electron chi connectivity index (χ1n) is 7.91. The van der Waals surface area contributed by atoms with Gasteiger partial charge in [-0.3, -0.25) is 15.1 Å². The van der Waals surface area contributed by atoms with Crippen LogP contribution in [0.4, 0.5) is 46.6 Å². The zero-order valence-electron chi connectivity index (χ0n) is 15.2. The third-order valence-corrected chi connectivity index (χ3v) is 3.89. The SMILES string of the molecule is CONc1ccc(C)c(C(=O)Nc2cc(F)c(C(F)(F)C(F)(F)C(F)(F)F)cn2)c1. The number of rotatable bonds is 6. The number of halogens is 8. The number of carbonyl (C=O) groups is 1. The lowest BCUT2D eigenvalue weighted by molar-refractivity contribution is -0.360. The maximum absolute atomic E-state index is 14.0. The van der Waals surface area contributed by atoms with Crippen LogP contribution in [0.5, 0.6) is 0 Å². The molecule has 0 unspecified atom stereocenters. The second-order valence-corrected chi connectivity index (χ2v) is 5.99. The van der Waals surface area contributed by atoms with E-state index in [2.05, 4.69) is 15.3 Å². The summed E-state index contributed by atoms with van der Waals surface area (Å²) in [6, 6.07) is 4.52. The number of pyridine rings is 1. The summed E-state index contributed by atoms with van der Waals surface area (Å²) in [6.07, 6.45) is -6.82. The normalized spacial score (nSPS) is 12.6. The molecule has 0 saturated heterocycles. The van der Waals surface area contributed by atoms with Crippen LogP contribution in [0.15, 0.2) is 30.5 Å². The summed E-state index contributed by atoms with van der Waals surface area (Å²) in [5, 5.41) is 2.04. The number of amides is 1. The Morgan fingerprint density at radius 3 is 2.23 bits per heavy atom. The van der Waals surface area contributed by atoms with E-state index in [-0.39, 0.29) is 17.8 Å². The Balaban J connectivity index is 2.32. The average molecular weight is 443 g/mol. The van der Waals surface area contributed by atoms with Gasteiger partial charge in [-0.2, -0.15) is 30.7 Å². The molecule has 1 amide bonds. The van der Waals surface area contributed by atoms with Crippen LogP contribution >= 0.6 is 0 Å². The van der Waals surface area contributed by atoms with Crippen LogP contribution in [-0.4, -0.2) is 30.1 Å². The first-order chi connectivity index (χ1) is 13.7. The van der Waals surface area contributed by atoms with Gasteiger partial charge in [0.15, 0.2) is 0 Å². The molecule has 5 nitrogen and oxygen atoms in total. The van der Waals surface area contributed by atoms with Gasteiger partial charge >= 0.3 is 18.0 Å². The number of hydrogen-bond acceptors (Lipinski definition) is 4. The smallest absolute Gasteiger partial charge is 0.306 e. The van der Waals surface area contributed by atoms with Gasteiger partial charge in [-0.1, -0.05) is 6.07 Å². The van der Waals surface area contributed by atoms with E-state index in [1.165, 1.54) is 19.2 Å². The fraction of sp³-hybridized carbons (Fsp3) is 0.294. The van der Waals surface area contributed by atoms with Crippen molar-refractivity contribution in [3.63, 3.8) is 0 Å². The quantitative estimate of drug-likeness (QED) is 0.485. The van der Waals surface area contributed by atoms with Gasteiger partial charge in [0.25, 0.3) is 5.91 Å². The van der Waals surface area contributed by atoms with E-state index < -0.39 is 41.1 Å². The number of aryl methyl sites for hydroxylation is 1. The zero-order chi connectivity index (χ0) is 22.9. The van der Waals surface area contributed by atoms with Crippen LogP contribution in [-0.2, 0) is 10.8 Å². The molecule has 0 aliphatic heterocycles. The summed E-state index contributed by atoms with van der Waals surface area (Å²) in [5.74, 6) is -16.1. The number of aromatic nitrogens is 1. The van der Waals surface area contributed by atoms with Crippen molar-refractivity contribution in [2.45, 2.75) is 24.9 Å². The molecular weight excluding hydrogens is 430 g/mol. The molecule has 30 heavy (non-hydrogen) atoms. The number of benzene rings is 1. The Morgan fingerprint density at radius 2 is 1.70 bits per heavy atom. The first kappa shape index (κ1) is 23.3. The highest BCUT2D eigenvalue weighted by atomic mass is 19.4. The molecule has 0 aliphatic rings. The largest absolute Gasteiger partial charge is 0.460 e. The molecule has 2 aromatic rings. The molecule has 2 rings (SSSR count). The van der Waals surface area contributed by atoms with Crippen molar-refractivity contribution in [1.29, 1.82) is 0 Å². The van der Waals surface area contributed by atoms with Crippen molar-refractivity contribution >= 4 is 17.4 Å². The minimum atomic E-state index is -6.63. The van der Waals surface area contributed by atoms with Crippen LogP contribution in [0.25, 0.3) is 0 Å². The average Bonchev–Trinajstić information content (AvgIpc) is 2.62. The predicted molar refractivity (Wildman–Crippen MR) is 88.9 cm³/mol. The second-order valence-electron chi connectivity index (χ2n) is 5.99. The Kier molecular flexibility index (Phi) is 6.26. The first-order valence-corrected chi connectivity index (χ1v) is 7.91. The molecule has 1 aromatic heterocycles. The fourth-order valence-corrected chi connectivity index (χ4v) is 2.31. The highest BCUT2D eigenvalue weighted by molar-refractivity contribution is 6.05. The number of nitrogens with zero attached hydrogens (tertiary/aromatic N) is 1. The minimum Gasteiger partial charge on any atom is -0.306 e. The Labute approximate surface area is 164 Å². The fourth-order valence-electron chi connectivity index (χ4n) is 2.31. The van der Waals surface area contributed by atoms with Gasteiger partial charge in [-0.15, -0.1) is 0 Å². The standard InChI is InChI=1S/C17H13F8N3O2/c1-8-3-4-9(28-30-2)5-10(8)14(29)27-13-6-12(18)11(7-26-13)15(19,20)16(21,22)17(23,24)25/h3-7,28H,1-2H3,(H,26,27,29). The summed E-state index contributed by atoms with van der Waals surface area (Å²) in [4.78, 5) is 20.2. The predicted octanol–water partition coefficient (Wildman–Crippen LogP) is 5.04. The Hall–Kier alpha value is -2.96. The number of hydrogen-bond donors (Lipinski definition) is 2. The van der Waals surface area contributed by atoms with Crippen molar-refractivity contribution in [2.75, 3.05) is 17.9 Å². The van der Waals surface area contributed by atoms with Crippen molar-refractivity contribution in [3.05, 3.63) is 53.0 Å². The minimum absolute atomic E-state index is 0.0391. The van der Waals surface area contributed by atoms with E-state index in [9.17, 15) is 39.9 Å². The number of nitrogens with one attached hydrogen (secondary N) is 2.